The van der Waals surface area contributed by atoms with Crippen LogP contribution in [0.4, 0.5) is 13.2 Å². The van der Waals surface area contributed by atoms with Crippen LogP contribution < -0.4 is 0 Å². The van der Waals surface area contributed by atoms with Gasteiger partial charge >= 0.3 is 39.5 Å². The molecule has 5 aromatic rings. The molecule has 3 fully saturated rings. The molecule has 3 heterocycles. The summed E-state index contributed by atoms with van der Waals surface area (Å²) < 4.78 is 126. The number of carbonyl (C=O) groups excluding carboxylic acids is 4. The van der Waals surface area contributed by atoms with Gasteiger partial charge in [-0.05, 0) is 48.5 Å². The van der Waals surface area contributed by atoms with E-state index >= 15 is 0 Å². The number of carbonyl (C=O) groups is 4. The average molecular weight is 979 g/mol. The summed E-state index contributed by atoms with van der Waals surface area (Å²) in [6, 6.07) is 37.9. The molecule has 1 unspecified atom stereocenters. The third kappa shape index (κ3) is 11.5. The first-order valence-corrected chi connectivity index (χ1v) is 22.5. The Labute approximate surface area is 391 Å². The summed E-state index contributed by atoms with van der Waals surface area (Å²) in [6.45, 7) is -1.33. The van der Waals surface area contributed by atoms with E-state index in [9.17, 15) is 45.9 Å². The Morgan fingerprint density at radius 1 is 0.565 bits per heavy atom. The predicted octanol–water partition coefficient (Wildman–Crippen LogP) is 5.70. The van der Waals surface area contributed by atoms with Gasteiger partial charge in [0.25, 0.3) is 0 Å². The molecule has 5 aromatic carbocycles. The first kappa shape index (κ1) is 48.9. The minimum Gasteiger partial charge on any atom is -0.459 e. The van der Waals surface area contributed by atoms with E-state index in [2.05, 4.69) is 0 Å². The van der Waals surface area contributed by atoms with Gasteiger partial charge in [0.1, 0.15) is 43.2 Å². The highest BCUT2D eigenvalue weighted by Crippen LogP contribution is 2.40. The standard InChI is InChI=1S/C48H41F3O17S/c49-48(50,51)69(57,58)68-38-35(52)46(61-34-27-60-45(65-36(34)38)32-24-14-5-15-25-32)66-37-33(26-59-41(53)28-16-6-1-7-17-28)62-47(67-44(56)31-22-12-4-13-23-31)40(64-43(55)30-20-10-3-11-21-30)39(37)63-42(54)29-18-8-2-9-19-29/h1-25,33-40,45-47,52H,26-27H2/t33-,34-,35-,36+,37-,38-,39+,40+,45?,46+,47-/m1/s1. The monoisotopic (exact) mass is 978 g/mol. The van der Waals surface area contributed by atoms with E-state index in [-0.39, 0.29) is 22.3 Å². The van der Waals surface area contributed by atoms with Crippen LogP contribution in [-0.2, 0) is 56.9 Å². The van der Waals surface area contributed by atoms with Crippen LogP contribution in [0.2, 0.25) is 0 Å². The van der Waals surface area contributed by atoms with Gasteiger partial charge in [0, 0.05) is 5.56 Å². The summed E-state index contributed by atoms with van der Waals surface area (Å²) in [6.07, 6.45) is -21.5. The molecule has 0 saturated carbocycles. The van der Waals surface area contributed by atoms with Crippen LogP contribution in [0.3, 0.4) is 0 Å². The fraction of sp³-hybridized carbons (Fsp3) is 0.292. The van der Waals surface area contributed by atoms with Crippen molar-refractivity contribution in [2.24, 2.45) is 0 Å². The largest absolute Gasteiger partial charge is 0.523 e. The molecule has 0 radical (unpaired) electrons. The normalized spacial score (nSPS) is 26.9. The van der Waals surface area contributed by atoms with Gasteiger partial charge in [-0.1, -0.05) is 103 Å². The zero-order chi connectivity index (χ0) is 48.7. The number of aliphatic hydroxyl groups is 1. The highest BCUT2D eigenvalue weighted by atomic mass is 32.2. The van der Waals surface area contributed by atoms with Gasteiger partial charge in [0.15, 0.2) is 18.7 Å². The maximum atomic E-state index is 14.1. The van der Waals surface area contributed by atoms with Crippen molar-refractivity contribution in [2.75, 3.05) is 13.2 Å². The van der Waals surface area contributed by atoms with E-state index in [1.807, 2.05) is 0 Å². The Hall–Kier alpha value is -6.56. The Morgan fingerprint density at radius 3 is 1.54 bits per heavy atom. The van der Waals surface area contributed by atoms with Crippen LogP contribution in [-0.4, -0.2) is 118 Å². The van der Waals surface area contributed by atoms with Crippen LogP contribution in [0.25, 0.3) is 0 Å². The van der Waals surface area contributed by atoms with Gasteiger partial charge in [-0.3, -0.25) is 4.18 Å². The zero-order valence-electron chi connectivity index (χ0n) is 35.7. The second kappa shape index (κ2) is 21.4. The van der Waals surface area contributed by atoms with Crippen molar-refractivity contribution in [1.29, 1.82) is 0 Å². The van der Waals surface area contributed by atoms with Crippen molar-refractivity contribution in [3.8, 4) is 0 Å². The van der Waals surface area contributed by atoms with Crippen LogP contribution >= 0.6 is 0 Å². The zero-order valence-corrected chi connectivity index (χ0v) is 36.5. The van der Waals surface area contributed by atoms with Gasteiger partial charge < -0.3 is 47.7 Å². The molecular formula is C48H41F3O17S. The van der Waals surface area contributed by atoms with Crippen LogP contribution in [0.15, 0.2) is 152 Å². The molecule has 0 aliphatic carbocycles. The second-order valence-electron chi connectivity index (χ2n) is 15.5. The van der Waals surface area contributed by atoms with Gasteiger partial charge in [-0.15, -0.1) is 0 Å². The quantitative estimate of drug-likeness (QED) is 0.0612. The molecule has 0 amide bonds. The Kier molecular flexibility index (Phi) is 15.2. The number of hydrogen-bond donors (Lipinski definition) is 1. The van der Waals surface area contributed by atoms with Gasteiger partial charge in [-0.2, -0.15) is 21.6 Å². The summed E-state index contributed by atoms with van der Waals surface area (Å²) in [4.78, 5) is 55.2. The van der Waals surface area contributed by atoms with Crippen molar-refractivity contribution < 1.29 is 92.7 Å². The lowest BCUT2D eigenvalue weighted by Gasteiger charge is -2.50. The summed E-state index contributed by atoms with van der Waals surface area (Å²) in [5.74, 6) is -4.10. The number of alkyl halides is 3. The summed E-state index contributed by atoms with van der Waals surface area (Å²) in [5, 5.41) is 11.9. The highest BCUT2D eigenvalue weighted by Gasteiger charge is 2.60. The maximum absolute atomic E-state index is 14.1. The molecule has 1 N–H and O–H groups in total. The molecule has 0 spiro atoms. The number of halogens is 3. The first-order valence-electron chi connectivity index (χ1n) is 21.1. The molecule has 69 heavy (non-hydrogen) atoms. The highest BCUT2D eigenvalue weighted by molar-refractivity contribution is 7.87. The number of esters is 4. The summed E-state index contributed by atoms with van der Waals surface area (Å²) in [5.41, 5.74) is -5.65. The van der Waals surface area contributed by atoms with E-state index < -0.39 is 120 Å². The third-order valence-electron chi connectivity index (χ3n) is 10.9. The Bertz CT molecular complexity index is 2650. The van der Waals surface area contributed by atoms with E-state index in [1.54, 1.807) is 66.7 Å². The van der Waals surface area contributed by atoms with Crippen molar-refractivity contribution >= 4 is 34.0 Å². The average Bonchev–Trinajstić information content (AvgIpc) is 3.36. The molecule has 3 aliphatic rings. The van der Waals surface area contributed by atoms with Gasteiger partial charge in [-0.25, -0.2) is 19.2 Å². The minimum atomic E-state index is -6.47. The topological polar surface area (TPSA) is 215 Å². The van der Waals surface area contributed by atoms with Crippen molar-refractivity contribution in [3.05, 3.63) is 179 Å². The molecule has 21 heteroatoms. The molecule has 8 rings (SSSR count). The van der Waals surface area contributed by atoms with E-state index in [1.165, 1.54) is 84.9 Å². The fourth-order valence-electron chi connectivity index (χ4n) is 7.55. The second-order valence-corrected chi connectivity index (χ2v) is 17.1. The molecule has 3 saturated heterocycles. The van der Waals surface area contributed by atoms with Gasteiger partial charge in [0.05, 0.1) is 28.9 Å². The van der Waals surface area contributed by atoms with Crippen molar-refractivity contribution in [2.45, 2.75) is 73.2 Å². The van der Waals surface area contributed by atoms with Crippen LogP contribution in [0.1, 0.15) is 53.3 Å². The first-order chi connectivity index (χ1) is 33.2. The Balaban J connectivity index is 1.21. The molecule has 11 atom stereocenters. The smallest absolute Gasteiger partial charge is 0.459 e. The molecule has 17 nitrogen and oxygen atoms in total. The molecular weight excluding hydrogens is 938 g/mol. The fourth-order valence-corrected chi connectivity index (χ4v) is 8.17. The maximum Gasteiger partial charge on any atom is 0.523 e. The van der Waals surface area contributed by atoms with E-state index in [0.29, 0.717) is 5.56 Å². The van der Waals surface area contributed by atoms with E-state index in [4.69, 9.17) is 46.8 Å². The summed E-state index contributed by atoms with van der Waals surface area (Å²) >= 11 is 0. The van der Waals surface area contributed by atoms with Crippen molar-refractivity contribution in [3.63, 3.8) is 0 Å². The van der Waals surface area contributed by atoms with E-state index in [0.717, 1.165) is 0 Å². The minimum absolute atomic E-state index is 0.00273. The number of hydrogen-bond acceptors (Lipinski definition) is 17. The number of benzene rings is 5. The van der Waals surface area contributed by atoms with Gasteiger partial charge in [0.2, 0.25) is 12.4 Å². The number of rotatable bonds is 14. The van der Waals surface area contributed by atoms with Crippen LogP contribution in [0, 0.1) is 0 Å². The predicted molar refractivity (Wildman–Crippen MR) is 228 cm³/mol. The lowest BCUT2D eigenvalue weighted by molar-refractivity contribution is -0.380. The Morgan fingerprint density at radius 2 is 1.03 bits per heavy atom. The number of ether oxygens (including phenoxy) is 9. The molecule has 0 aromatic heterocycles. The molecule has 362 valence electrons. The lowest BCUT2D eigenvalue weighted by atomic mass is 9.95. The van der Waals surface area contributed by atoms with Crippen molar-refractivity contribution in [1.82, 2.24) is 0 Å². The SMILES string of the molecule is O=C(OC[C@H]1O[C@H](OC(=O)c2ccccc2)[C@@H](OC(=O)c2ccccc2)[C@@H](OC(=O)c2ccccc2)[C@@H]1O[C@@H]1O[C@@H]2COC(c3ccccc3)O[C@@H]2[C@H](OS(=O)(=O)C(F)(F)F)[C@H]1O)c1ccccc1. The lowest BCUT2D eigenvalue weighted by Crippen LogP contribution is -2.67. The van der Waals surface area contributed by atoms with Crippen LogP contribution in [0.5, 0.6) is 0 Å². The molecule has 0 bridgehead atoms. The number of fused-ring (bicyclic) bond motifs is 1. The summed E-state index contributed by atoms with van der Waals surface area (Å²) in [7, 11) is -6.47. The third-order valence-corrected chi connectivity index (χ3v) is 12.0. The molecule has 3 aliphatic heterocycles. The number of aliphatic hydroxyl groups excluding tert-OH is 1.